The van der Waals surface area contributed by atoms with E-state index < -0.39 is 5.97 Å². The van der Waals surface area contributed by atoms with Crippen LogP contribution in [0, 0.1) is 0 Å². The quantitative estimate of drug-likeness (QED) is 0.647. The Balaban J connectivity index is 3.85. The molecule has 68 valence electrons. The highest BCUT2D eigenvalue weighted by molar-refractivity contribution is 8.00. The van der Waals surface area contributed by atoms with Gasteiger partial charge < -0.3 is 5.11 Å². The summed E-state index contributed by atoms with van der Waals surface area (Å²) in [5.41, 5.74) is 0. The molecule has 0 aromatic heterocycles. The van der Waals surface area contributed by atoms with Gasteiger partial charge in [0, 0.05) is 5.75 Å². The van der Waals surface area contributed by atoms with Crippen LogP contribution in [0.25, 0.3) is 0 Å². The van der Waals surface area contributed by atoms with Gasteiger partial charge in [-0.05, 0) is 13.3 Å². The van der Waals surface area contributed by atoms with E-state index in [-0.39, 0.29) is 5.25 Å². The van der Waals surface area contributed by atoms with Crippen molar-refractivity contribution < 1.29 is 9.90 Å². The van der Waals surface area contributed by atoms with Crippen molar-refractivity contribution in [1.82, 2.24) is 0 Å². The monoisotopic (exact) mass is 186 g/mol. The average Bonchev–Trinajstić information content (AvgIpc) is 2.04. The molecule has 0 aliphatic carbocycles. The zero-order valence-electron chi connectivity index (χ0n) is 7.19. The number of hydrogen-bond donors (Lipinski definition) is 1. The molecule has 0 saturated carbocycles. The maximum absolute atomic E-state index is 10.6. The fourth-order valence-corrected chi connectivity index (χ4v) is 1.44. The minimum Gasteiger partial charge on any atom is -0.480 e. The lowest BCUT2D eigenvalue weighted by molar-refractivity contribution is -0.136. The van der Waals surface area contributed by atoms with Gasteiger partial charge in [0.15, 0.2) is 0 Å². The van der Waals surface area contributed by atoms with Crippen molar-refractivity contribution in [3.8, 4) is 0 Å². The third kappa shape index (κ3) is 5.02. The number of aliphatic carboxylic acids is 1. The lowest BCUT2D eigenvalue weighted by Gasteiger charge is -2.06. The molecule has 1 N–H and O–H groups in total. The molecule has 0 saturated heterocycles. The summed E-state index contributed by atoms with van der Waals surface area (Å²) in [4.78, 5) is 10.6. The Morgan fingerprint density at radius 1 is 1.75 bits per heavy atom. The number of carbonyl (C=O) groups is 1. The summed E-state index contributed by atoms with van der Waals surface area (Å²) in [6, 6.07) is 0. The van der Waals surface area contributed by atoms with Crippen molar-refractivity contribution in [3.63, 3.8) is 0 Å². The van der Waals surface area contributed by atoms with E-state index in [9.17, 15) is 4.79 Å². The standard InChI is InChI=1S/C9H14O2S/c1-3-5-6-8(9(10)11)12-7-4-2/h3-5,8H,2,6-7H2,1H3,(H,10,11). The molecule has 1 unspecified atom stereocenters. The van der Waals surface area contributed by atoms with Crippen LogP contribution >= 0.6 is 11.8 Å². The number of carboxylic acid groups (broad SMARTS) is 1. The molecular formula is C9H14O2S. The van der Waals surface area contributed by atoms with Crippen LogP contribution in [-0.2, 0) is 4.79 Å². The van der Waals surface area contributed by atoms with Crippen LogP contribution in [-0.4, -0.2) is 22.1 Å². The summed E-state index contributed by atoms with van der Waals surface area (Å²) in [5.74, 6) is -0.0610. The van der Waals surface area contributed by atoms with Gasteiger partial charge in [0.1, 0.15) is 5.25 Å². The van der Waals surface area contributed by atoms with E-state index in [1.54, 1.807) is 6.08 Å². The molecule has 0 amide bonds. The molecule has 1 atom stereocenters. The van der Waals surface area contributed by atoms with Gasteiger partial charge >= 0.3 is 5.97 Å². The Morgan fingerprint density at radius 2 is 2.42 bits per heavy atom. The molecule has 12 heavy (non-hydrogen) atoms. The topological polar surface area (TPSA) is 37.3 Å². The summed E-state index contributed by atoms with van der Waals surface area (Å²) in [6.07, 6.45) is 6.04. The molecule has 0 spiro atoms. The highest BCUT2D eigenvalue weighted by atomic mass is 32.2. The van der Waals surface area contributed by atoms with E-state index in [1.807, 2.05) is 19.1 Å². The second-order valence-corrected chi connectivity index (χ2v) is 3.49. The second-order valence-electron chi connectivity index (χ2n) is 2.25. The number of hydrogen-bond acceptors (Lipinski definition) is 2. The molecule has 0 heterocycles. The minimum absolute atomic E-state index is 0.334. The van der Waals surface area contributed by atoms with Gasteiger partial charge in [-0.3, -0.25) is 4.79 Å². The van der Waals surface area contributed by atoms with E-state index in [1.165, 1.54) is 11.8 Å². The molecule has 0 bridgehead atoms. The first-order chi connectivity index (χ1) is 5.72. The first kappa shape index (κ1) is 11.3. The van der Waals surface area contributed by atoms with Crippen LogP contribution in [0.5, 0.6) is 0 Å². The molecule has 0 aliphatic rings. The number of carboxylic acids is 1. The van der Waals surface area contributed by atoms with Crippen molar-refractivity contribution in [2.75, 3.05) is 5.75 Å². The predicted octanol–water partition coefficient (Wildman–Crippen LogP) is 2.33. The Bertz CT molecular complexity index is 175. The van der Waals surface area contributed by atoms with Crippen molar-refractivity contribution in [2.24, 2.45) is 0 Å². The van der Waals surface area contributed by atoms with Crippen molar-refractivity contribution >= 4 is 17.7 Å². The molecule has 0 aromatic rings. The maximum Gasteiger partial charge on any atom is 0.316 e. The SMILES string of the molecule is C=CCSC(CC=CC)C(=O)O. The van der Waals surface area contributed by atoms with E-state index in [2.05, 4.69) is 6.58 Å². The maximum atomic E-state index is 10.6. The van der Waals surface area contributed by atoms with Crippen LogP contribution in [0.2, 0.25) is 0 Å². The highest BCUT2D eigenvalue weighted by Crippen LogP contribution is 2.15. The van der Waals surface area contributed by atoms with Crippen LogP contribution in [0.3, 0.4) is 0 Å². The summed E-state index contributed by atoms with van der Waals surface area (Å²) < 4.78 is 0. The summed E-state index contributed by atoms with van der Waals surface area (Å²) >= 11 is 1.40. The van der Waals surface area contributed by atoms with Gasteiger partial charge in [0.05, 0.1) is 0 Å². The fourth-order valence-electron chi connectivity index (χ4n) is 0.684. The second kappa shape index (κ2) is 6.98. The van der Waals surface area contributed by atoms with Crippen LogP contribution < -0.4 is 0 Å². The first-order valence-corrected chi connectivity index (χ1v) is 4.83. The van der Waals surface area contributed by atoms with Gasteiger partial charge in [0.25, 0.3) is 0 Å². The van der Waals surface area contributed by atoms with Crippen LogP contribution in [0.1, 0.15) is 13.3 Å². The Hall–Kier alpha value is -0.700. The third-order valence-electron chi connectivity index (χ3n) is 1.28. The van der Waals surface area contributed by atoms with E-state index in [0.717, 1.165) is 0 Å². The fraction of sp³-hybridized carbons (Fsp3) is 0.444. The molecule has 3 heteroatoms. The molecule has 0 fully saturated rings. The van der Waals surface area contributed by atoms with Crippen molar-refractivity contribution in [1.29, 1.82) is 0 Å². The Labute approximate surface area is 77.4 Å². The Morgan fingerprint density at radius 3 is 2.83 bits per heavy atom. The number of allylic oxidation sites excluding steroid dienone is 2. The lowest BCUT2D eigenvalue weighted by Crippen LogP contribution is -2.15. The van der Waals surface area contributed by atoms with Crippen LogP contribution in [0.15, 0.2) is 24.8 Å². The predicted molar refractivity (Wildman–Crippen MR) is 53.5 cm³/mol. The molecule has 0 aliphatic heterocycles. The van der Waals surface area contributed by atoms with Crippen molar-refractivity contribution in [3.05, 3.63) is 24.8 Å². The molecule has 2 nitrogen and oxygen atoms in total. The molecular weight excluding hydrogens is 172 g/mol. The van der Waals surface area contributed by atoms with E-state index in [0.29, 0.717) is 12.2 Å². The molecule has 0 aromatic carbocycles. The van der Waals surface area contributed by atoms with Crippen LogP contribution in [0.4, 0.5) is 0 Å². The van der Waals surface area contributed by atoms with E-state index in [4.69, 9.17) is 5.11 Å². The van der Waals surface area contributed by atoms with Gasteiger partial charge in [-0.15, -0.1) is 18.3 Å². The normalized spacial score (nSPS) is 13.1. The highest BCUT2D eigenvalue weighted by Gasteiger charge is 2.14. The van der Waals surface area contributed by atoms with Gasteiger partial charge in [0.2, 0.25) is 0 Å². The molecule has 0 radical (unpaired) electrons. The summed E-state index contributed by atoms with van der Waals surface area (Å²) in [6.45, 7) is 5.43. The molecule has 0 rings (SSSR count). The summed E-state index contributed by atoms with van der Waals surface area (Å²) in [5, 5.41) is 8.40. The zero-order valence-corrected chi connectivity index (χ0v) is 8.01. The lowest BCUT2D eigenvalue weighted by atomic mass is 10.3. The summed E-state index contributed by atoms with van der Waals surface area (Å²) in [7, 11) is 0. The number of rotatable bonds is 6. The zero-order chi connectivity index (χ0) is 9.40. The van der Waals surface area contributed by atoms with E-state index >= 15 is 0 Å². The van der Waals surface area contributed by atoms with Crippen molar-refractivity contribution in [2.45, 2.75) is 18.6 Å². The smallest absolute Gasteiger partial charge is 0.316 e. The van der Waals surface area contributed by atoms with Gasteiger partial charge in [-0.25, -0.2) is 0 Å². The Kier molecular flexibility index (Phi) is 6.57. The minimum atomic E-state index is -0.750. The average molecular weight is 186 g/mol. The first-order valence-electron chi connectivity index (χ1n) is 3.78. The third-order valence-corrected chi connectivity index (χ3v) is 2.50. The largest absolute Gasteiger partial charge is 0.480 e. The number of thioether (sulfide) groups is 1. The van der Waals surface area contributed by atoms with Gasteiger partial charge in [-0.1, -0.05) is 18.2 Å². The van der Waals surface area contributed by atoms with Gasteiger partial charge in [-0.2, -0.15) is 0 Å².